The van der Waals surface area contributed by atoms with E-state index in [1.165, 1.54) is 5.56 Å². The van der Waals surface area contributed by atoms with Crippen LogP contribution in [0.1, 0.15) is 11.1 Å². The second-order valence-electron chi connectivity index (χ2n) is 4.09. The van der Waals surface area contributed by atoms with E-state index >= 15 is 0 Å². The standard InChI is InChI=1S/C16H15NO/c1-13-7-9-16(10-8-13)17-11-15(12-18)14-5-3-2-4-6-14/h2-12,17H,1H3/b15-11+. The van der Waals surface area contributed by atoms with Crippen LogP contribution < -0.4 is 5.32 Å². The molecule has 2 aromatic carbocycles. The second-order valence-corrected chi connectivity index (χ2v) is 4.09. The molecule has 0 unspecified atom stereocenters. The summed E-state index contributed by atoms with van der Waals surface area (Å²) in [5.74, 6) is 0. The van der Waals surface area contributed by atoms with E-state index in [0.29, 0.717) is 5.57 Å². The predicted molar refractivity (Wildman–Crippen MR) is 75.3 cm³/mol. The Labute approximate surface area is 107 Å². The van der Waals surface area contributed by atoms with Gasteiger partial charge in [-0.05, 0) is 24.6 Å². The van der Waals surface area contributed by atoms with Crippen molar-refractivity contribution in [2.45, 2.75) is 6.92 Å². The van der Waals surface area contributed by atoms with Crippen molar-refractivity contribution in [3.63, 3.8) is 0 Å². The Morgan fingerprint density at radius 2 is 1.67 bits per heavy atom. The summed E-state index contributed by atoms with van der Waals surface area (Å²) < 4.78 is 0. The number of rotatable bonds is 4. The average molecular weight is 237 g/mol. The summed E-state index contributed by atoms with van der Waals surface area (Å²) in [5, 5.41) is 3.13. The normalized spacial score (nSPS) is 11.1. The van der Waals surface area contributed by atoms with E-state index in [1.807, 2.05) is 61.5 Å². The van der Waals surface area contributed by atoms with Crippen LogP contribution in [-0.4, -0.2) is 6.29 Å². The molecule has 0 aliphatic rings. The highest BCUT2D eigenvalue weighted by Gasteiger charge is 1.98. The van der Waals surface area contributed by atoms with Crippen LogP contribution in [0.25, 0.3) is 5.57 Å². The zero-order valence-corrected chi connectivity index (χ0v) is 10.3. The Kier molecular flexibility index (Phi) is 3.92. The van der Waals surface area contributed by atoms with Gasteiger partial charge >= 0.3 is 0 Å². The van der Waals surface area contributed by atoms with Gasteiger partial charge in [0.15, 0.2) is 6.29 Å². The SMILES string of the molecule is Cc1ccc(N/C=C(\C=O)c2ccccc2)cc1. The number of anilines is 1. The molecule has 0 aliphatic heterocycles. The van der Waals surface area contributed by atoms with Crippen molar-refractivity contribution in [2.24, 2.45) is 0 Å². The third kappa shape index (κ3) is 3.08. The Morgan fingerprint density at radius 1 is 1.00 bits per heavy atom. The number of aldehydes is 1. The van der Waals surface area contributed by atoms with Gasteiger partial charge in [0.1, 0.15) is 0 Å². The van der Waals surface area contributed by atoms with E-state index in [0.717, 1.165) is 17.5 Å². The van der Waals surface area contributed by atoms with Crippen LogP contribution in [0.15, 0.2) is 60.8 Å². The number of allylic oxidation sites excluding steroid dienone is 1. The molecule has 2 rings (SSSR count). The smallest absolute Gasteiger partial charge is 0.152 e. The summed E-state index contributed by atoms with van der Waals surface area (Å²) >= 11 is 0. The molecule has 0 fully saturated rings. The van der Waals surface area contributed by atoms with Gasteiger partial charge in [-0.2, -0.15) is 0 Å². The number of carbonyl (C=O) groups excluding carboxylic acids is 1. The van der Waals surface area contributed by atoms with Crippen LogP contribution in [0.2, 0.25) is 0 Å². The zero-order chi connectivity index (χ0) is 12.8. The average Bonchev–Trinajstić information content (AvgIpc) is 2.43. The molecule has 2 heteroatoms. The van der Waals surface area contributed by atoms with Crippen LogP contribution in [0.3, 0.4) is 0 Å². The molecule has 0 radical (unpaired) electrons. The van der Waals surface area contributed by atoms with Crippen molar-refractivity contribution < 1.29 is 4.79 Å². The molecular weight excluding hydrogens is 222 g/mol. The number of nitrogens with one attached hydrogen (secondary N) is 1. The maximum absolute atomic E-state index is 11.1. The van der Waals surface area contributed by atoms with Crippen LogP contribution in [0.5, 0.6) is 0 Å². The fourth-order valence-corrected chi connectivity index (χ4v) is 1.63. The van der Waals surface area contributed by atoms with Gasteiger partial charge in [-0.25, -0.2) is 0 Å². The van der Waals surface area contributed by atoms with E-state index in [1.54, 1.807) is 6.20 Å². The summed E-state index contributed by atoms with van der Waals surface area (Å²) in [5.41, 5.74) is 3.72. The molecule has 0 aromatic heterocycles. The van der Waals surface area contributed by atoms with Gasteiger partial charge in [-0.1, -0.05) is 48.0 Å². The molecule has 0 saturated carbocycles. The predicted octanol–water partition coefficient (Wildman–Crippen LogP) is 3.65. The fraction of sp³-hybridized carbons (Fsp3) is 0.0625. The molecule has 0 bridgehead atoms. The molecular formula is C16H15NO. The maximum atomic E-state index is 11.1. The summed E-state index contributed by atoms with van der Waals surface area (Å²) in [6.07, 6.45) is 2.59. The van der Waals surface area contributed by atoms with Gasteiger partial charge in [0.05, 0.1) is 0 Å². The van der Waals surface area contributed by atoms with Crippen molar-refractivity contribution in [1.29, 1.82) is 0 Å². The minimum Gasteiger partial charge on any atom is -0.361 e. The topological polar surface area (TPSA) is 29.1 Å². The molecule has 0 aliphatic carbocycles. The third-order valence-corrected chi connectivity index (χ3v) is 2.68. The first-order chi connectivity index (χ1) is 8.79. The Bertz CT molecular complexity index is 541. The largest absolute Gasteiger partial charge is 0.361 e. The van der Waals surface area contributed by atoms with Gasteiger partial charge in [0, 0.05) is 17.5 Å². The van der Waals surface area contributed by atoms with Crippen LogP contribution in [0.4, 0.5) is 5.69 Å². The maximum Gasteiger partial charge on any atom is 0.152 e. The molecule has 0 saturated heterocycles. The van der Waals surface area contributed by atoms with Crippen molar-refractivity contribution in [3.05, 3.63) is 71.9 Å². The van der Waals surface area contributed by atoms with Crippen molar-refractivity contribution in [2.75, 3.05) is 5.32 Å². The number of hydrogen-bond acceptors (Lipinski definition) is 2. The van der Waals surface area contributed by atoms with E-state index in [9.17, 15) is 4.79 Å². The van der Waals surface area contributed by atoms with E-state index in [2.05, 4.69) is 5.32 Å². The highest BCUT2D eigenvalue weighted by Crippen LogP contribution is 2.13. The minimum absolute atomic E-state index is 0.635. The van der Waals surface area contributed by atoms with Crippen LogP contribution in [-0.2, 0) is 4.79 Å². The van der Waals surface area contributed by atoms with Crippen LogP contribution in [0, 0.1) is 6.92 Å². The molecule has 0 atom stereocenters. The first kappa shape index (κ1) is 12.1. The van der Waals surface area contributed by atoms with Crippen molar-refractivity contribution in [1.82, 2.24) is 0 Å². The molecule has 0 heterocycles. The van der Waals surface area contributed by atoms with Gasteiger partial charge in [0.25, 0.3) is 0 Å². The van der Waals surface area contributed by atoms with Gasteiger partial charge < -0.3 is 5.32 Å². The third-order valence-electron chi connectivity index (χ3n) is 2.68. The first-order valence-corrected chi connectivity index (χ1v) is 5.83. The highest BCUT2D eigenvalue weighted by atomic mass is 16.1. The lowest BCUT2D eigenvalue weighted by molar-refractivity contribution is -0.103. The number of aryl methyl sites for hydroxylation is 1. The molecule has 18 heavy (non-hydrogen) atoms. The fourth-order valence-electron chi connectivity index (χ4n) is 1.63. The van der Waals surface area contributed by atoms with Gasteiger partial charge in [-0.3, -0.25) is 4.79 Å². The number of hydrogen-bond donors (Lipinski definition) is 1. The Balaban J connectivity index is 2.16. The Morgan fingerprint density at radius 3 is 2.28 bits per heavy atom. The Hall–Kier alpha value is -2.35. The molecule has 0 amide bonds. The lowest BCUT2D eigenvalue weighted by Gasteiger charge is -2.04. The number of benzene rings is 2. The van der Waals surface area contributed by atoms with Gasteiger partial charge in [0.2, 0.25) is 0 Å². The molecule has 2 nitrogen and oxygen atoms in total. The van der Waals surface area contributed by atoms with E-state index in [4.69, 9.17) is 0 Å². The zero-order valence-electron chi connectivity index (χ0n) is 10.3. The van der Waals surface area contributed by atoms with Crippen molar-refractivity contribution >= 4 is 17.5 Å². The van der Waals surface area contributed by atoms with E-state index < -0.39 is 0 Å². The number of carbonyl (C=O) groups is 1. The monoisotopic (exact) mass is 237 g/mol. The van der Waals surface area contributed by atoms with Crippen LogP contribution >= 0.6 is 0 Å². The first-order valence-electron chi connectivity index (χ1n) is 5.83. The van der Waals surface area contributed by atoms with E-state index in [-0.39, 0.29) is 0 Å². The minimum atomic E-state index is 0.635. The van der Waals surface area contributed by atoms with Gasteiger partial charge in [-0.15, -0.1) is 0 Å². The molecule has 1 N–H and O–H groups in total. The summed E-state index contributed by atoms with van der Waals surface area (Å²) in [6.45, 7) is 2.04. The summed E-state index contributed by atoms with van der Waals surface area (Å²) in [7, 11) is 0. The lowest BCUT2D eigenvalue weighted by atomic mass is 10.1. The molecule has 90 valence electrons. The lowest BCUT2D eigenvalue weighted by Crippen LogP contribution is -1.93. The molecule has 2 aromatic rings. The summed E-state index contributed by atoms with van der Waals surface area (Å²) in [4.78, 5) is 11.1. The quantitative estimate of drug-likeness (QED) is 0.649. The van der Waals surface area contributed by atoms with Crippen molar-refractivity contribution in [3.8, 4) is 0 Å². The highest BCUT2D eigenvalue weighted by molar-refractivity contribution is 6.07. The summed E-state index contributed by atoms with van der Waals surface area (Å²) in [6, 6.07) is 17.6. The molecule has 0 spiro atoms. The second kappa shape index (κ2) is 5.82.